The van der Waals surface area contributed by atoms with Crippen molar-refractivity contribution in [3.8, 4) is 0 Å². The quantitative estimate of drug-likeness (QED) is 0.298. The van der Waals surface area contributed by atoms with E-state index in [4.69, 9.17) is 0 Å². The molecule has 0 bridgehead atoms. The molecular formula is C24H37IN6O. The van der Waals surface area contributed by atoms with Gasteiger partial charge in [0.2, 0.25) is 5.91 Å². The third-order valence-electron chi connectivity index (χ3n) is 6.12. The van der Waals surface area contributed by atoms with Crippen molar-refractivity contribution in [1.82, 2.24) is 25.1 Å². The summed E-state index contributed by atoms with van der Waals surface area (Å²) in [6, 6.07) is 10.7. The van der Waals surface area contributed by atoms with Crippen LogP contribution in [0.25, 0.3) is 0 Å². The van der Waals surface area contributed by atoms with Gasteiger partial charge in [0.25, 0.3) is 0 Å². The highest BCUT2D eigenvalue weighted by atomic mass is 127. The number of nitrogens with zero attached hydrogens (tertiary/aromatic N) is 4. The van der Waals surface area contributed by atoms with Crippen LogP contribution < -0.4 is 10.6 Å². The van der Waals surface area contributed by atoms with Crippen molar-refractivity contribution in [1.29, 1.82) is 0 Å². The molecule has 0 saturated carbocycles. The van der Waals surface area contributed by atoms with Crippen LogP contribution in [0.4, 0.5) is 0 Å². The molecule has 8 heteroatoms. The van der Waals surface area contributed by atoms with Crippen LogP contribution in [0.1, 0.15) is 50.9 Å². The number of guanidine groups is 1. The molecular weight excluding hydrogens is 515 g/mol. The van der Waals surface area contributed by atoms with Crippen LogP contribution >= 0.6 is 24.0 Å². The number of halogens is 1. The number of likely N-dealkylation sites (tertiary alicyclic amines) is 1. The summed E-state index contributed by atoms with van der Waals surface area (Å²) in [6.45, 7) is 7.22. The zero-order valence-corrected chi connectivity index (χ0v) is 21.8. The van der Waals surface area contributed by atoms with E-state index in [9.17, 15) is 4.79 Å². The third kappa shape index (κ3) is 7.21. The average molecular weight is 553 g/mol. The first-order valence-corrected chi connectivity index (χ1v) is 11.4. The molecule has 1 aromatic carbocycles. The molecule has 0 radical (unpaired) electrons. The molecule has 2 heterocycles. The first-order chi connectivity index (χ1) is 15.1. The van der Waals surface area contributed by atoms with Crippen molar-refractivity contribution in [3.05, 3.63) is 54.1 Å². The highest BCUT2D eigenvalue weighted by molar-refractivity contribution is 14.0. The van der Waals surface area contributed by atoms with Gasteiger partial charge in [0.1, 0.15) is 5.82 Å². The van der Waals surface area contributed by atoms with Gasteiger partial charge in [-0.1, -0.05) is 44.2 Å². The van der Waals surface area contributed by atoms with Crippen LogP contribution in [-0.2, 0) is 17.9 Å². The molecule has 1 saturated heterocycles. The van der Waals surface area contributed by atoms with Crippen LogP contribution in [-0.4, -0.2) is 52.5 Å². The van der Waals surface area contributed by atoms with E-state index in [0.29, 0.717) is 18.5 Å². The van der Waals surface area contributed by atoms with Gasteiger partial charge in [0, 0.05) is 51.0 Å². The molecule has 0 aliphatic carbocycles. The summed E-state index contributed by atoms with van der Waals surface area (Å²) in [5.74, 6) is 2.23. The zero-order chi connectivity index (χ0) is 22.1. The molecule has 0 spiro atoms. The molecule has 1 fully saturated rings. The third-order valence-corrected chi connectivity index (χ3v) is 6.12. The molecule has 176 valence electrons. The Balaban J connectivity index is 0.00000363. The lowest BCUT2D eigenvalue weighted by Crippen LogP contribution is -2.50. The Morgan fingerprint density at radius 1 is 1.19 bits per heavy atom. The van der Waals surface area contributed by atoms with Gasteiger partial charge in [-0.3, -0.25) is 9.79 Å². The molecule has 2 aromatic rings. The molecule has 2 N–H and O–H groups in total. The van der Waals surface area contributed by atoms with Gasteiger partial charge >= 0.3 is 0 Å². The van der Waals surface area contributed by atoms with E-state index < -0.39 is 0 Å². The van der Waals surface area contributed by atoms with Crippen molar-refractivity contribution in [2.45, 2.75) is 58.7 Å². The number of nitrogens with one attached hydrogen (secondary N) is 2. The Labute approximate surface area is 209 Å². The largest absolute Gasteiger partial charge is 0.354 e. The van der Waals surface area contributed by atoms with E-state index in [2.05, 4.69) is 63.3 Å². The Morgan fingerprint density at radius 2 is 1.88 bits per heavy atom. The fraction of sp³-hybridized carbons (Fsp3) is 0.542. The second kappa shape index (κ2) is 13.4. The predicted octanol–water partition coefficient (Wildman–Crippen LogP) is 3.64. The average Bonchev–Trinajstić information content (AvgIpc) is 3.25. The van der Waals surface area contributed by atoms with Gasteiger partial charge in [-0.25, -0.2) is 4.98 Å². The normalized spacial score (nSPS) is 14.9. The lowest BCUT2D eigenvalue weighted by atomic mass is 9.98. The van der Waals surface area contributed by atoms with Crippen molar-refractivity contribution in [3.63, 3.8) is 0 Å². The molecule has 1 aromatic heterocycles. The first kappa shape index (κ1) is 26.2. The highest BCUT2D eigenvalue weighted by Gasteiger charge is 2.26. The number of carbonyl (C=O) groups is 1. The summed E-state index contributed by atoms with van der Waals surface area (Å²) in [5.41, 5.74) is 1.25. The summed E-state index contributed by atoms with van der Waals surface area (Å²) in [6.07, 6.45) is 7.56. The Hall–Kier alpha value is -2.10. The van der Waals surface area contributed by atoms with Crippen molar-refractivity contribution >= 4 is 35.8 Å². The number of amides is 1. The van der Waals surface area contributed by atoms with E-state index in [1.165, 1.54) is 5.56 Å². The summed E-state index contributed by atoms with van der Waals surface area (Å²) in [7, 11) is 1.79. The van der Waals surface area contributed by atoms with Crippen LogP contribution in [0.2, 0.25) is 0 Å². The van der Waals surface area contributed by atoms with Gasteiger partial charge in [-0.2, -0.15) is 0 Å². The molecule has 3 rings (SSSR count). The first-order valence-electron chi connectivity index (χ1n) is 11.4. The summed E-state index contributed by atoms with van der Waals surface area (Å²) < 4.78 is 2.15. The number of rotatable bonds is 8. The summed E-state index contributed by atoms with van der Waals surface area (Å²) >= 11 is 0. The smallest absolute Gasteiger partial charge is 0.225 e. The Kier molecular flexibility index (Phi) is 11.0. The maximum Gasteiger partial charge on any atom is 0.225 e. The number of imidazole rings is 1. The monoisotopic (exact) mass is 552 g/mol. The van der Waals surface area contributed by atoms with E-state index in [-0.39, 0.29) is 29.9 Å². The molecule has 1 aliphatic heterocycles. The molecule has 7 nitrogen and oxygen atoms in total. The SMILES string of the molecule is CCC(CC)C(=O)N1CCC(NC(=NC)NCc2nccn2Cc2ccccc2)CC1.I. The Bertz CT molecular complexity index is 841. The number of carbonyl (C=O) groups excluding carboxylic acids is 1. The Morgan fingerprint density at radius 3 is 2.50 bits per heavy atom. The van der Waals surface area contributed by atoms with Crippen molar-refractivity contribution < 1.29 is 4.79 Å². The predicted molar refractivity (Wildman–Crippen MR) is 140 cm³/mol. The van der Waals surface area contributed by atoms with Crippen LogP contribution in [0.5, 0.6) is 0 Å². The number of aliphatic imine (C=N–C) groups is 1. The number of hydrogen-bond acceptors (Lipinski definition) is 3. The van der Waals surface area contributed by atoms with E-state index in [1.807, 2.05) is 23.4 Å². The minimum Gasteiger partial charge on any atom is -0.354 e. The molecule has 32 heavy (non-hydrogen) atoms. The van der Waals surface area contributed by atoms with Crippen LogP contribution in [0.3, 0.4) is 0 Å². The number of piperidine rings is 1. The lowest BCUT2D eigenvalue weighted by Gasteiger charge is -2.34. The minimum absolute atomic E-state index is 0. The maximum atomic E-state index is 12.6. The van der Waals surface area contributed by atoms with Gasteiger partial charge < -0.3 is 20.1 Å². The summed E-state index contributed by atoms with van der Waals surface area (Å²) in [5, 5.41) is 6.91. The number of hydrogen-bond donors (Lipinski definition) is 2. The minimum atomic E-state index is 0. The van der Waals surface area contributed by atoms with Crippen molar-refractivity contribution in [2.75, 3.05) is 20.1 Å². The standard InChI is InChI=1S/C24H36N6O.HI/c1-4-20(5-2)23(31)29-14-11-21(12-15-29)28-24(25-3)27-17-22-26-13-16-30(22)18-19-9-7-6-8-10-19;/h6-10,13,16,20-21H,4-5,11-12,14-15,17-18H2,1-3H3,(H2,25,27,28);1H. The maximum absolute atomic E-state index is 12.6. The molecule has 1 aliphatic rings. The van der Waals surface area contributed by atoms with Gasteiger partial charge in [-0.05, 0) is 31.2 Å². The second-order valence-corrected chi connectivity index (χ2v) is 8.14. The van der Waals surface area contributed by atoms with Crippen LogP contribution in [0, 0.1) is 5.92 Å². The van der Waals surface area contributed by atoms with E-state index in [0.717, 1.165) is 57.1 Å². The molecule has 0 unspecified atom stereocenters. The summed E-state index contributed by atoms with van der Waals surface area (Å²) in [4.78, 5) is 23.5. The van der Waals surface area contributed by atoms with Gasteiger partial charge in [-0.15, -0.1) is 24.0 Å². The lowest BCUT2D eigenvalue weighted by molar-refractivity contribution is -0.136. The highest BCUT2D eigenvalue weighted by Crippen LogP contribution is 2.17. The number of aromatic nitrogens is 2. The topological polar surface area (TPSA) is 74.6 Å². The fourth-order valence-corrected chi connectivity index (χ4v) is 4.12. The molecule has 1 amide bonds. The molecule has 0 atom stereocenters. The number of benzene rings is 1. The van der Waals surface area contributed by atoms with E-state index in [1.54, 1.807) is 7.05 Å². The van der Waals surface area contributed by atoms with E-state index >= 15 is 0 Å². The second-order valence-electron chi connectivity index (χ2n) is 8.14. The fourth-order valence-electron chi connectivity index (χ4n) is 4.12. The van der Waals surface area contributed by atoms with Gasteiger partial charge in [0.15, 0.2) is 5.96 Å². The van der Waals surface area contributed by atoms with Gasteiger partial charge in [0.05, 0.1) is 6.54 Å². The zero-order valence-electron chi connectivity index (χ0n) is 19.5. The van der Waals surface area contributed by atoms with Crippen LogP contribution in [0.15, 0.2) is 47.7 Å². The van der Waals surface area contributed by atoms with Crippen molar-refractivity contribution in [2.24, 2.45) is 10.9 Å².